The molecule has 0 aliphatic carbocycles. The molecule has 0 unspecified atom stereocenters. The van der Waals surface area contributed by atoms with Crippen molar-refractivity contribution in [1.82, 2.24) is 9.55 Å². The SMILES string of the molecule is CCCc1nccn1-c1cccc(F)c1C(N)=S. The fourth-order valence-corrected chi connectivity index (χ4v) is 2.12. The van der Waals surface area contributed by atoms with Crippen LogP contribution in [0.25, 0.3) is 5.69 Å². The van der Waals surface area contributed by atoms with Gasteiger partial charge >= 0.3 is 0 Å². The van der Waals surface area contributed by atoms with E-state index in [4.69, 9.17) is 18.0 Å². The Balaban J connectivity index is 2.60. The van der Waals surface area contributed by atoms with Crippen molar-refractivity contribution in [1.29, 1.82) is 0 Å². The molecule has 0 aliphatic rings. The van der Waals surface area contributed by atoms with E-state index in [0.717, 1.165) is 18.7 Å². The first-order valence-corrected chi connectivity index (χ1v) is 6.17. The van der Waals surface area contributed by atoms with E-state index in [-0.39, 0.29) is 10.6 Å². The predicted octanol–water partition coefficient (Wildman–Crippen LogP) is 2.60. The van der Waals surface area contributed by atoms with Gasteiger partial charge in [-0.2, -0.15) is 0 Å². The zero-order valence-electron chi connectivity index (χ0n) is 10.1. The summed E-state index contributed by atoms with van der Waals surface area (Å²) >= 11 is 4.92. The summed E-state index contributed by atoms with van der Waals surface area (Å²) in [5.41, 5.74) is 6.51. The molecule has 0 saturated heterocycles. The van der Waals surface area contributed by atoms with Gasteiger partial charge in [0.2, 0.25) is 0 Å². The van der Waals surface area contributed by atoms with Crippen LogP contribution < -0.4 is 5.73 Å². The number of hydrogen-bond acceptors (Lipinski definition) is 2. The average Bonchev–Trinajstić information content (AvgIpc) is 2.76. The van der Waals surface area contributed by atoms with Gasteiger partial charge in [-0.05, 0) is 18.6 Å². The number of thiocarbonyl (C=S) groups is 1. The van der Waals surface area contributed by atoms with Gasteiger partial charge in [-0.3, -0.25) is 0 Å². The molecule has 2 N–H and O–H groups in total. The Kier molecular flexibility index (Phi) is 3.72. The molecule has 2 aromatic rings. The smallest absolute Gasteiger partial charge is 0.135 e. The van der Waals surface area contributed by atoms with E-state index >= 15 is 0 Å². The van der Waals surface area contributed by atoms with Gasteiger partial charge in [0.1, 0.15) is 16.6 Å². The van der Waals surface area contributed by atoms with Crippen molar-refractivity contribution in [2.24, 2.45) is 5.73 Å². The first kappa shape index (κ1) is 12.7. The first-order valence-electron chi connectivity index (χ1n) is 5.76. The quantitative estimate of drug-likeness (QED) is 0.862. The topological polar surface area (TPSA) is 43.8 Å². The lowest BCUT2D eigenvalue weighted by atomic mass is 10.1. The molecule has 0 radical (unpaired) electrons. The highest BCUT2D eigenvalue weighted by Gasteiger charge is 2.14. The summed E-state index contributed by atoms with van der Waals surface area (Å²) in [4.78, 5) is 4.32. The first-order chi connectivity index (χ1) is 8.65. The molecule has 0 amide bonds. The molecule has 0 spiro atoms. The zero-order chi connectivity index (χ0) is 13.1. The number of halogens is 1. The van der Waals surface area contributed by atoms with E-state index < -0.39 is 5.82 Å². The molecule has 3 nitrogen and oxygen atoms in total. The summed E-state index contributed by atoms with van der Waals surface area (Å²) in [7, 11) is 0. The fourth-order valence-electron chi connectivity index (χ4n) is 1.92. The lowest BCUT2D eigenvalue weighted by molar-refractivity contribution is 0.623. The highest BCUT2D eigenvalue weighted by atomic mass is 32.1. The van der Waals surface area contributed by atoms with E-state index in [1.54, 1.807) is 24.5 Å². The second-order valence-corrected chi connectivity index (χ2v) is 4.40. The van der Waals surface area contributed by atoms with Crippen molar-refractivity contribution in [2.75, 3.05) is 0 Å². The predicted molar refractivity (Wildman–Crippen MR) is 73.4 cm³/mol. The number of aromatic nitrogens is 2. The lowest BCUT2D eigenvalue weighted by Crippen LogP contribution is -2.16. The molecule has 0 aliphatic heterocycles. The van der Waals surface area contributed by atoms with Crippen LogP contribution in [0.5, 0.6) is 0 Å². The Morgan fingerprint density at radius 1 is 1.50 bits per heavy atom. The van der Waals surface area contributed by atoms with Gasteiger partial charge < -0.3 is 10.3 Å². The highest BCUT2D eigenvalue weighted by molar-refractivity contribution is 7.80. The van der Waals surface area contributed by atoms with Gasteiger partial charge in [0.15, 0.2) is 0 Å². The third-order valence-electron chi connectivity index (χ3n) is 2.69. The number of benzene rings is 1. The van der Waals surface area contributed by atoms with Crippen molar-refractivity contribution in [3.63, 3.8) is 0 Å². The van der Waals surface area contributed by atoms with Crippen LogP contribution >= 0.6 is 12.2 Å². The van der Waals surface area contributed by atoms with E-state index in [0.29, 0.717) is 5.69 Å². The second kappa shape index (κ2) is 5.27. The molecule has 0 saturated carbocycles. The van der Waals surface area contributed by atoms with Crippen molar-refractivity contribution in [3.8, 4) is 5.69 Å². The van der Waals surface area contributed by atoms with Crippen LogP contribution in [0.15, 0.2) is 30.6 Å². The lowest BCUT2D eigenvalue weighted by Gasteiger charge is -2.12. The average molecular weight is 263 g/mol. The van der Waals surface area contributed by atoms with Crippen molar-refractivity contribution in [2.45, 2.75) is 19.8 Å². The number of aryl methyl sites for hydroxylation is 1. The van der Waals surface area contributed by atoms with Gasteiger partial charge in [-0.1, -0.05) is 25.2 Å². The van der Waals surface area contributed by atoms with E-state index in [1.807, 2.05) is 4.57 Å². The summed E-state index contributed by atoms with van der Waals surface area (Å²) < 4.78 is 15.6. The minimum atomic E-state index is -0.406. The molecule has 2 rings (SSSR count). The Bertz CT molecular complexity index is 577. The van der Waals surface area contributed by atoms with Crippen LogP contribution in [0.2, 0.25) is 0 Å². The molecular weight excluding hydrogens is 249 g/mol. The van der Waals surface area contributed by atoms with Crippen LogP contribution in [-0.4, -0.2) is 14.5 Å². The summed E-state index contributed by atoms with van der Waals surface area (Å²) in [6.07, 6.45) is 5.27. The molecular formula is C13H14FN3S. The molecule has 1 heterocycles. The molecule has 5 heteroatoms. The number of imidazole rings is 1. The Hall–Kier alpha value is -1.75. The molecule has 1 aromatic carbocycles. The molecule has 1 aromatic heterocycles. The number of rotatable bonds is 4. The Morgan fingerprint density at radius 2 is 2.28 bits per heavy atom. The minimum Gasteiger partial charge on any atom is -0.389 e. The van der Waals surface area contributed by atoms with Crippen molar-refractivity contribution < 1.29 is 4.39 Å². The van der Waals surface area contributed by atoms with Gasteiger partial charge in [-0.15, -0.1) is 0 Å². The molecule has 0 bridgehead atoms. The van der Waals surface area contributed by atoms with Crippen molar-refractivity contribution in [3.05, 3.63) is 47.8 Å². The van der Waals surface area contributed by atoms with Crippen LogP contribution in [0, 0.1) is 5.82 Å². The monoisotopic (exact) mass is 263 g/mol. The number of nitrogens with two attached hydrogens (primary N) is 1. The maximum atomic E-state index is 13.8. The Labute approximate surface area is 110 Å². The number of nitrogens with zero attached hydrogens (tertiary/aromatic N) is 2. The van der Waals surface area contributed by atoms with Crippen molar-refractivity contribution >= 4 is 17.2 Å². The third-order valence-corrected chi connectivity index (χ3v) is 2.89. The third kappa shape index (κ3) is 2.26. The van der Waals surface area contributed by atoms with Crippen LogP contribution in [0.1, 0.15) is 24.7 Å². The summed E-state index contributed by atoms with van der Waals surface area (Å²) in [5, 5.41) is 0. The van der Waals surface area contributed by atoms with E-state index in [9.17, 15) is 4.39 Å². The molecule has 0 atom stereocenters. The van der Waals surface area contributed by atoms with E-state index in [2.05, 4.69) is 11.9 Å². The van der Waals surface area contributed by atoms with Crippen LogP contribution in [0.4, 0.5) is 4.39 Å². The summed E-state index contributed by atoms with van der Waals surface area (Å²) in [6, 6.07) is 4.79. The fraction of sp³-hybridized carbons (Fsp3) is 0.231. The van der Waals surface area contributed by atoms with Gasteiger partial charge in [0.25, 0.3) is 0 Å². The van der Waals surface area contributed by atoms with Crippen LogP contribution in [-0.2, 0) is 6.42 Å². The van der Waals surface area contributed by atoms with Gasteiger partial charge in [0, 0.05) is 18.8 Å². The van der Waals surface area contributed by atoms with E-state index in [1.165, 1.54) is 6.07 Å². The van der Waals surface area contributed by atoms with Gasteiger partial charge in [-0.25, -0.2) is 9.37 Å². The summed E-state index contributed by atoms with van der Waals surface area (Å²) in [6.45, 7) is 2.07. The number of hydrogen-bond donors (Lipinski definition) is 1. The minimum absolute atomic E-state index is 0.0549. The standard InChI is InChI=1S/C13H14FN3S/c1-2-4-11-16-7-8-17(11)10-6-3-5-9(14)12(10)13(15)18/h3,5-8H,2,4H2,1H3,(H2,15,18). The normalized spacial score (nSPS) is 10.6. The van der Waals surface area contributed by atoms with Crippen LogP contribution in [0.3, 0.4) is 0 Å². The maximum Gasteiger partial charge on any atom is 0.135 e. The molecule has 0 fully saturated rings. The molecule has 18 heavy (non-hydrogen) atoms. The second-order valence-electron chi connectivity index (χ2n) is 3.96. The summed E-state index contributed by atoms with van der Waals surface area (Å²) in [5.74, 6) is 0.469. The zero-order valence-corrected chi connectivity index (χ0v) is 10.9. The molecule has 94 valence electrons. The largest absolute Gasteiger partial charge is 0.389 e. The Morgan fingerprint density at radius 3 is 2.94 bits per heavy atom. The van der Waals surface area contributed by atoms with Gasteiger partial charge in [0.05, 0.1) is 11.3 Å². The maximum absolute atomic E-state index is 13.8. The highest BCUT2D eigenvalue weighted by Crippen LogP contribution is 2.20.